The predicted molar refractivity (Wildman–Crippen MR) is 85.5 cm³/mol. The zero-order valence-electron chi connectivity index (χ0n) is 12.2. The van der Waals surface area contributed by atoms with Crippen molar-refractivity contribution in [1.29, 1.82) is 0 Å². The standard InChI is InChI=1S/C16H20ClNO3/c1-4-9-20-11-14-7-6-8-15(17)16(14)18(13(3)19)12-21-10-5-2/h4-8H,1-2,9-12H2,3H3. The molecule has 0 atom stereocenters. The Balaban J connectivity index is 3.01. The molecule has 1 aromatic rings. The molecule has 0 N–H and O–H groups in total. The third kappa shape index (κ3) is 5.34. The van der Waals surface area contributed by atoms with Crippen molar-refractivity contribution < 1.29 is 14.3 Å². The van der Waals surface area contributed by atoms with Crippen LogP contribution in [0.5, 0.6) is 0 Å². The number of carbonyl (C=O) groups excluding carboxylic acids is 1. The van der Waals surface area contributed by atoms with E-state index in [1.54, 1.807) is 18.2 Å². The molecule has 1 rings (SSSR count). The van der Waals surface area contributed by atoms with Gasteiger partial charge in [-0.3, -0.25) is 9.69 Å². The molecule has 0 saturated carbocycles. The number of benzene rings is 1. The van der Waals surface area contributed by atoms with Crippen LogP contribution >= 0.6 is 11.6 Å². The van der Waals surface area contributed by atoms with Crippen molar-refractivity contribution in [3.63, 3.8) is 0 Å². The smallest absolute Gasteiger partial charge is 0.225 e. The number of amides is 1. The van der Waals surface area contributed by atoms with E-state index in [0.717, 1.165) is 5.56 Å². The number of anilines is 1. The van der Waals surface area contributed by atoms with Gasteiger partial charge >= 0.3 is 0 Å². The summed E-state index contributed by atoms with van der Waals surface area (Å²) in [6.45, 7) is 9.88. The largest absolute Gasteiger partial charge is 0.373 e. The van der Waals surface area contributed by atoms with Gasteiger partial charge in [-0.25, -0.2) is 0 Å². The van der Waals surface area contributed by atoms with Crippen molar-refractivity contribution in [2.75, 3.05) is 24.8 Å². The lowest BCUT2D eigenvalue weighted by atomic mass is 10.1. The summed E-state index contributed by atoms with van der Waals surface area (Å²) in [4.78, 5) is 13.4. The maximum absolute atomic E-state index is 11.9. The van der Waals surface area contributed by atoms with Gasteiger partial charge in [0.1, 0.15) is 6.73 Å². The second-order valence-electron chi connectivity index (χ2n) is 4.29. The summed E-state index contributed by atoms with van der Waals surface area (Å²) in [5.74, 6) is -0.155. The highest BCUT2D eigenvalue weighted by Gasteiger charge is 2.18. The molecule has 0 aliphatic heterocycles. The molecule has 0 aliphatic rings. The first-order chi connectivity index (χ1) is 10.1. The quantitative estimate of drug-likeness (QED) is 0.398. The monoisotopic (exact) mass is 309 g/mol. The molecule has 0 aromatic heterocycles. The highest BCUT2D eigenvalue weighted by atomic mass is 35.5. The number of para-hydroxylation sites is 1. The van der Waals surface area contributed by atoms with Crippen LogP contribution in [0.3, 0.4) is 0 Å². The number of carbonyl (C=O) groups is 1. The van der Waals surface area contributed by atoms with Crippen molar-refractivity contribution in [1.82, 2.24) is 0 Å². The summed E-state index contributed by atoms with van der Waals surface area (Å²) in [6.07, 6.45) is 3.29. The van der Waals surface area contributed by atoms with Crippen LogP contribution in [0.4, 0.5) is 5.69 Å². The topological polar surface area (TPSA) is 38.8 Å². The Morgan fingerprint density at radius 3 is 2.57 bits per heavy atom. The Kier molecular flexibility index (Phi) is 7.75. The summed E-state index contributed by atoms with van der Waals surface area (Å²) in [5.41, 5.74) is 1.43. The molecule has 0 unspecified atom stereocenters. The lowest BCUT2D eigenvalue weighted by Gasteiger charge is -2.24. The van der Waals surface area contributed by atoms with E-state index >= 15 is 0 Å². The van der Waals surface area contributed by atoms with E-state index in [0.29, 0.717) is 30.5 Å². The van der Waals surface area contributed by atoms with Gasteiger partial charge in [-0.15, -0.1) is 13.2 Å². The molecule has 21 heavy (non-hydrogen) atoms. The fourth-order valence-corrected chi connectivity index (χ4v) is 2.07. The average Bonchev–Trinajstić information content (AvgIpc) is 2.45. The molecule has 0 bridgehead atoms. The third-order valence-electron chi connectivity index (χ3n) is 2.67. The summed E-state index contributed by atoms with van der Waals surface area (Å²) in [5, 5.41) is 0.479. The molecule has 0 spiro atoms. The van der Waals surface area contributed by atoms with Crippen LogP contribution in [0.1, 0.15) is 12.5 Å². The Bertz CT molecular complexity index is 502. The molecule has 0 heterocycles. The maximum Gasteiger partial charge on any atom is 0.225 e. The first kappa shape index (κ1) is 17.4. The molecule has 4 nitrogen and oxygen atoms in total. The van der Waals surface area contributed by atoms with Gasteiger partial charge in [0.25, 0.3) is 0 Å². The first-order valence-electron chi connectivity index (χ1n) is 6.54. The van der Waals surface area contributed by atoms with Crippen LogP contribution < -0.4 is 4.90 Å². The maximum atomic E-state index is 11.9. The minimum Gasteiger partial charge on any atom is -0.373 e. The molecule has 1 amide bonds. The van der Waals surface area contributed by atoms with E-state index in [-0.39, 0.29) is 12.6 Å². The van der Waals surface area contributed by atoms with E-state index < -0.39 is 0 Å². The van der Waals surface area contributed by atoms with E-state index in [4.69, 9.17) is 21.1 Å². The number of hydrogen-bond donors (Lipinski definition) is 0. The SMILES string of the molecule is C=CCOCc1cccc(Cl)c1N(COCC=C)C(C)=O. The van der Waals surface area contributed by atoms with Crippen molar-refractivity contribution in [2.45, 2.75) is 13.5 Å². The highest BCUT2D eigenvalue weighted by Crippen LogP contribution is 2.30. The average molecular weight is 310 g/mol. The van der Waals surface area contributed by atoms with Crippen molar-refractivity contribution in [3.8, 4) is 0 Å². The molecule has 0 aliphatic carbocycles. The number of hydrogen-bond acceptors (Lipinski definition) is 3. The van der Waals surface area contributed by atoms with Crippen LogP contribution in [-0.4, -0.2) is 25.9 Å². The second kappa shape index (κ2) is 9.34. The van der Waals surface area contributed by atoms with Crippen LogP contribution in [0, 0.1) is 0 Å². The van der Waals surface area contributed by atoms with Gasteiger partial charge in [0.05, 0.1) is 30.5 Å². The van der Waals surface area contributed by atoms with Crippen molar-refractivity contribution >= 4 is 23.2 Å². The van der Waals surface area contributed by atoms with Gasteiger partial charge in [0, 0.05) is 12.5 Å². The Hall–Kier alpha value is -1.62. The second-order valence-corrected chi connectivity index (χ2v) is 4.69. The molecule has 0 saturated heterocycles. The van der Waals surface area contributed by atoms with E-state index in [9.17, 15) is 4.79 Å². The zero-order chi connectivity index (χ0) is 15.7. The predicted octanol–water partition coefficient (Wildman–Crippen LogP) is 3.56. The molecule has 0 fully saturated rings. The normalized spacial score (nSPS) is 10.2. The summed E-state index contributed by atoms with van der Waals surface area (Å²) < 4.78 is 10.8. The van der Waals surface area contributed by atoms with Crippen LogP contribution in [0.15, 0.2) is 43.5 Å². The lowest BCUT2D eigenvalue weighted by molar-refractivity contribution is -0.117. The summed E-state index contributed by atoms with van der Waals surface area (Å²) in [6, 6.07) is 5.42. The van der Waals surface area contributed by atoms with Crippen molar-refractivity contribution in [2.24, 2.45) is 0 Å². The van der Waals surface area contributed by atoms with Gasteiger partial charge in [0.2, 0.25) is 5.91 Å². The van der Waals surface area contributed by atoms with Gasteiger partial charge < -0.3 is 9.47 Å². The molecular formula is C16H20ClNO3. The minimum absolute atomic E-state index is 0.111. The molecule has 114 valence electrons. The van der Waals surface area contributed by atoms with Gasteiger partial charge in [-0.1, -0.05) is 35.9 Å². The Morgan fingerprint density at radius 2 is 1.95 bits per heavy atom. The van der Waals surface area contributed by atoms with Gasteiger partial charge in [-0.2, -0.15) is 0 Å². The fourth-order valence-electron chi connectivity index (χ4n) is 1.77. The lowest BCUT2D eigenvalue weighted by Crippen LogP contribution is -2.32. The Labute approximate surface area is 130 Å². The minimum atomic E-state index is -0.155. The van der Waals surface area contributed by atoms with Gasteiger partial charge in [0.15, 0.2) is 0 Å². The van der Waals surface area contributed by atoms with Crippen LogP contribution in [0.2, 0.25) is 5.02 Å². The number of halogens is 1. The van der Waals surface area contributed by atoms with Crippen molar-refractivity contribution in [3.05, 3.63) is 54.1 Å². The summed E-state index contributed by atoms with van der Waals surface area (Å²) >= 11 is 6.25. The first-order valence-corrected chi connectivity index (χ1v) is 6.92. The number of rotatable bonds is 9. The Morgan fingerprint density at radius 1 is 1.29 bits per heavy atom. The summed E-state index contributed by atoms with van der Waals surface area (Å²) in [7, 11) is 0. The molecule has 1 aromatic carbocycles. The third-order valence-corrected chi connectivity index (χ3v) is 2.97. The van der Waals surface area contributed by atoms with Crippen LogP contribution in [0.25, 0.3) is 0 Å². The molecular weight excluding hydrogens is 290 g/mol. The number of ether oxygens (including phenoxy) is 2. The van der Waals surface area contributed by atoms with Gasteiger partial charge in [-0.05, 0) is 6.07 Å². The van der Waals surface area contributed by atoms with E-state index in [1.165, 1.54) is 11.8 Å². The van der Waals surface area contributed by atoms with Crippen LogP contribution in [-0.2, 0) is 20.9 Å². The number of nitrogens with zero attached hydrogens (tertiary/aromatic N) is 1. The molecule has 0 radical (unpaired) electrons. The van der Waals surface area contributed by atoms with E-state index in [1.807, 2.05) is 12.1 Å². The molecule has 5 heteroatoms. The van der Waals surface area contributed by atoms with E-state index in [2.05, 4.69) is 13.2 Å². The fraction of sp³-hybridized carbons (Fsp3) is 0.312. The highest BCUT2D eigenvalue weighted by molar-refractivity contribution is 6.34. The zero-order valence-corrected chi connectivity index (χ0v) is 12.9.